The molecule has 154 valence electrons. The van der Waals surface area contributed by atoms with Gasteiger partial charge < -0.3 is 19.7 Å². The lowest BCUT2D eigenvalue weighted by Gasteiger charge is -2.40. The van der Waals surface area contributed by atoms with Gasteiger partial charge in [0.1, 0.15) is 23.8 Å². The molecule has 31 heavy (non-hydrogen) atoms. The van der Waals surface area contributed by atoms with E-state index in [1.54, 1.807) is 24.3 Å². The number of aromatic nitrogens is 1. The lowest BCUT2D eigenvalue weighted by molar-refractivity contribution is -0.153. The summed E-state index contributed by atoms with van der Waals surface area (Å²) in [5.41, 5.74) is -1.79. The highest BCUT2D eigenvalue weighted by molar-refractivity contribution is 6.30. The van der Waals surface area contributed by atoms with Crippen molar-refractivity contribution < 1.29 is 19.7 Å². The van der Waals surface area contributed by atoms with E-state index in [2.05, 4.69) is 11.1 Å². The molecule has 5 atom stereocenters. The van der Waals surface area contributed by atoms with Crippen LogP contribution in [-0.4, -0.2) is 27.6 Å². The highest BCUT2D eigenvalue weighted by atomic mass is 35.5. The standard InChI is InChI=1S/C24H17ClN2O4/c25-17-10-19-21(27-12-17)23(30)22(29)18(13-28)20(15-4-2-1-3-5-15)24(23,31-19)16-8-6-14(11-26)7-9-16/h1-10,12-13,18,20,22,29-30H/t18-,20+,22-,23-,24+/m1/s1. The maximum absolute atomic E-state index is 12.2. The Labute approximate surface area is 183 Å². The number of carbonyl (C=O) groups excluding carboxylic acids is 1. The normalized spacial score (nSPS) is 30.7. The Morgan fingerprint density at radius 1 is 1.16 bits per heavy atom. The quantitative estimate of drug-likeness (QED) is 0.616. The third kappa shape index (κ3) is 2.45. The molecule has 7 heteroatoms. The largest absolute Gasteiger partial charge is 0.476 e. The molecule has 0 spiro atoms. The Hall–Kier alpha value is -3.24. The lowest BCUT2D eigenvalue weighted by atomic mass is 9.71. The van der Waals surface area contributed by atoms with E-state index < -0.39 is 29.1 Å². The van der Waals surface area contributed by atoms with E-state index in [1.807, 2.05) is 30.3 Å². The fourth-order valence-electron chi connectivity index (χ4n) is 5.13. The molecule has 0 radical (unpaired) electrons. The maximum Gasteiger partial charge on any atom is 0.181 e. The third-order valence-electron chi connectivity index (χ3n) is 6.39. The zero-order chi connectivity index (χ0) is 21.8. The van der Waals surface area contributed by atoms with Crippen LogP contribution < -0.4 is 4.74 Å². The van der Waals surface area contributed by atoms with Crippen LogP contribution in [0.25, 0.3) is 0 Å². The predicted octanol–water partition coefficient (Wildman–Crippen LogP) is 3.06. The van der Waals surface area contributed by atoms with E-state index in [1.165, 1.54) is 12.3 Å². The smallest absolute Gasteiger partial charge is 0.181 e. The number of halogens is 1. The van der Waals surface area contributed by atoms with Crippen LogP contribution in [0.4, 0.5) is 0 Å². The highest BCUT2D eigenvalue weighted by Gasteiger charge is 2.76. The first-order valence-electron chi connectivity index (χ1n) is 9.73. The molecular weight excluding hydrogens is 416 g/mol. The molecule has 0 unspecified atom stereocenters. The zero-order valence-corrected chi connectivity index (χ0v) is 16.9. The van der Waals surface area contributed by atoms with Gasteiger partial charge in [-0.3, -0.25) is 4.98 Å². The van der Waals surface area contributed by atoms with Crippen LogP contribution in [0.3, 0.4) is 0 Å². The van der Waals surface area contributed by atoms with Crippen LogP contribution in [0.2, 0.25) is 5.02 Å². The van der Waals surface area contributed by atoms with E-state index in [0.29, 0.717) is 22.4 Å². The van der Waals surface area contributed by atoms with E-state index >= 15 is 0 Å². The van der Waals surface area contributed by atoms with Crippen LogP contribution in [0.1, 0.15) is 28.3 Å². The van der Waals surface area contributed by atoms with Crippen LogP contribution >= 0.6 is 11.6 Å². The summed E-state index contributed by atoms with van der Waals surface area (Å²) in [6.45, 7) is 0. The fraction of sp³-hybridized carbons (Fsp3) is 0.208. The summed E-state index contributed by atoms with van der Waals surface area (Å²) in [6.07, 6.45) is 0.540. The molecule has 5 rings (SSSR count). The molecular formula is C24H17ClN2O4. The van der Waals surface area contributed by atoms with Gasteiger partial charge in [0.2, 0.25) is 0 Å². The molecule has 2 heterocycles. The molecule has 2 N–H and O–H groups in total. The van der Waals surface area contributed by atoms with E-state index in [-0.39, 0.29) is 11.4 Å². The SMILES string of the molecule is N#Cc1ccc([C@@]23Oc4cc(Cl)cnc4[C@@]2(O)[C@H](O)[C@H](C=O)[C@@H]3c2ccccc2)cc1. The molecule has 1 aromatic heterocycles. The number of hydrogen-bond acceptors (Lipinski definition) is 6. The Balaban J connectivity index is 1.85. The van der Waals surface area contributed by atoms with Crippen LogP contribution in [0, 0.1) is 17.2 Å². The van der Waals surface area contributed by atoms with Crippen molar-refractivity contribution >= 4 is 17.9 Å². The van der Waals surface area contributed by atoms with Gasteiger partial charge in [-0.05, 0) is 23.3 Å². The third-order valence-corrected chi connectivity index (χ3v) is 6.60. The van der Waals surface area contributed by atoms with Crippen molar-refractivity contribution in [2.75, 3.05) is 0 Å². The van der Waals surface area contributed by atoms with Crippen molar-refractivity contribution in [1.29, 1.82) is 5.26 Å². The first-order valence-corrected chi connectivity index (χ1v) is 10.1. The molecule has 0 saturated heterocycles. The second kappa shape index (κ2) is 6.89. The van der Waals surface area contributed by atoms with Crippen molar-refractivity contribution in [1.82, 2.24) is 4.98 Å². The Bertz CT molecular complexity index is 1210. The zero-order valence-electron chi connectivity index (χ0n) is 16.1. The number of nitriles is 1. The molecule has 1 saturated carbocycles. The topological polar surface area (TPSA) is 103 Å². The van der Waals surface area contributed by atoms with Crippen LogP contribution in [0.15, 0.2) is 66.9 Å². The predicted molar refractivity (Wildman–Crippen MR) is 111 cm³/mol. The summed E-state index contributed by atoms with van der Waals surface area (Å²) in [5.74, 6) is -1.45. The Morgan fingerprint density at radius 2 is 1.87 bits per heavy atom. The van der Waals surface area contributed by atoms with Gasteiger partial charge in [0.15, 0.2) is 11.2 Å². The minimum Gasteiger partial charge on any atom is -0.476 e. The number of hydrogen-bond donors (Lipinski definition) is 2. The van der Waals surface area contributed by atoms with Gasteiger partial charge in [0.05, 0.1) is 22.6 Å². The average Bonchev–Trinajstić information content (AvgIpc) is 3.16. The minimum atomic E-state index is -2.02. The van der Waals surface area contributed by atoms with Crippen LogP contribution in [-0.2, 0) is 16.0 Å². The van der Waals surface area contributed by atoms with Crippen molar-refractivity contribution in [3.8, 4) is 11.8 Å². The maximum atomic E-state index is 12.2. The minimum absolute atomic E-state index is 0.124. The Morgan fingerprint density at radius 3 is 2.52 bits per heavy atom. The molecule has 3 aromatic rings. The van der Waals surface area contributed by atoms with E-state index in [4.69, 9.17) is 16.3 Å². The number of benzene rings is 2. The van der Waals surface area contributed by atoms with Gasteiger partial charge >= 0.3 is 0 Å². The van der Waals surface area contributed by atoms with Gasteiger partial charge in [-0.15, -0.1) is 0 Å². The fourth-order valence-corrected chi connectivity index (χ4v) is 5.27. The van der Waals surface area contributed by atoms with Crippen molar-refractivity contribution in [2.45, 2.75) is 23.2 Å². The number of carbonyl (C=O) groups is 1. The molecule has 1 aliphatic heterocycles. The number of aldehydes is 1. The second-order valence-corrected chi connectivity index (χ2v) is 8.28. The first kappa shape index (κ1) is 19.7. The molecule has 1 fully saturated rings. The van der Waals surface area contributed by atoms with Crippen molar-refractivity contribution in [3.63, 3.8) is 0 Å². The van der Waals surface area contributed by atoms with Gasteiger partial charge in [0, 0.05) is 18.2 Å². The highest BCUT2D eigenvalue weighted by Crippen LogP contribution is 2.67. The number of aliphatic hydroxyl groups is 2. The summed E-state index contributed by atoms with van der Waals surface area (Å²) in [6, 6.07) is 19.3. The first-order chi connectivity index (χ1) is 15.0. The van der Waals surface area contributed by atoms with Gasteiger partial charge in [0.25, 0.3) is 0 Å². The molecule has 0 amide bonds. The number of nitrogens with zero attached hydrogens (tertiary/aromatic N) is 2. The molecule has 2 aliphatic rings. The Kier molecular flexibility index (Phi) is 4.38. The summed E-state index contributed by atoms with van der Waals surface area (Å²) in [5, 5.41) is 32.9. The van der Waals surface area contributed by atoms with Crippen molar-refractivity contribution in [3.05, 3.63) is 94.3 Å². The number of fused-ring (bicyclic) bond motifs is 3. The molecule has 6 nitrogen and oxygen atoms in total. The van der Waals surface area contributed by atoms with E-state index in [0.717, 1.165) is 5.56 Å². The van der Waals surface area contributed by atoms with Gasteiger partial charge in [-0.1, -0.05) is 54.1 Å². The summed E-state index contributed by atoms with van der Waals surface area (Å²) >= 11 is 6.12. The molecule has 2 aromatic carbocycles. The van der Waals surface area contributed by atoms with Gasteiger partial charge in [-0.2, -0.15) is 5.26 Å². The summed E-state index contributed by atoms with van der Waals surface area (Å²) < 4.78 is 6.43. The molecule has 1 aliphatic carbocycles. The summed E-state index contributed by atoms with van der Waals surface area (Å²) in [7, 11) is 0. The number of rotatable bonds is 3. The van der Waals surface area contributed by atoms with E-state index in [9.17, 15) is 20.3 Å². The summed E-state index contributed by atoms with van der Waals surface area (Å²) in [4.78, 5) is 16.5. The lowest BCUT2D eigenvalue weighted by Crippen LogP contribution is -2.52. The average molecular weight is 433 g/mol. The number of pyridine rings is 1. The monoisotopic (exact) mass is 432 g/mol. The second-order valence-electron chi connectivity index (χ2n) is 7.84. The van der Waals surface area contributed by atoms with Crippen LogP contribution in [0.5, 0.6) is 5.75 Å². The number of ether oxygens (including phenoxy) is 1. The molecule has 0 bridgehead atoms. The van der Waals surface area contributed by atoms with Gasteiger partial charge in [-0.25, -0.2) is 0 Å². The van der Waals surface area contributed by atoms with Crippen molar-refractivity contribution in [2.24, 2.45) is 5.92 Å². The number of aliphatic hydroxyl groups excluding tert-OH is 1.